The molecule has 1 atom stereocenters. The molecule has 0 spiro atoms. The van der Waals surface area contributed by atoms with Gasteiger partial charge >= 0.3 is 6.03 Å². The van der Waals surface area contributed by atoms with Crippen LogP contribution in [-0.4, -0.2) is 34.2 Å². The van der Waals surface area contributed by atoms with Gasteiger partial charge in [-0.15, -0.1) is 0 Å². The molecule has 1 aliphatic carbocycles. The normalized spacial score (nSPS) is 20.5. The lowest BCUT2D eigenvalue weighted by molar-refractivity contribution is 0.173. The number of carbonyl (C=O) groups is 1. The topological polar surface area (TPSA) is 71.3 Å². The second-order valence-electron chi connectivity index (χ2n) is 6.89. The number of hydrogen-bond donors (Lipinski definition) is 1. The number of aromatic nitrogens is 2. The molecule has 2 aromatic rings. The molecule has 0 radical (unpaired) electrons. The molecule has 1 aromatic heterocycles. The molecular formula is C18H21FN4O2. The first kappa shape index (κ1) is 16.1. The molecule has 1 saturated heterocycles. The summed E-state index contributed by atoms with van der Waals surface area (Å²) >= 11 is 0. The highest BCUT2D eigenvalue weighted by Gasteiger charge is 2.30. The van der Waals surface area contributed by atoms with Crippen molar-refractivity contribution in [3.05, 3.63) is 41.8 Å². The Balaban J connectivity index is 1.35. The molecule has 0 bridgehead atoms. The van der Waals surface area contributed by atoms with Gasteiger partial charge in [-0.05, 0) is 43.7 Å². The van der Waals surface area contributed by atoms with Gasteiger partial charge in [0.1, 0.15) is 5.82 Å². The van der Waals surface area contributed by atoms with Crippen molar-refractivity contribution in [2.24, 2.45) is 5.92 Å². The zero-order valence-electron chi connectivity index (χ0n) is 13.9. The van der Waals surface area contributed by atoms with Gasteiger partial charge in [-0.25, -0.2) is 9.18 Å². The summed E-state index contributed by atoms with van der Waals surface area (Å²) in [5, 5.41) is 6.69. The second kappa shape index (κ2) is 6.82. The molecule has 132 valence electrons. The van der Waals surface area contributed by atoms with Crippen molar-refractivity contribution < 1.29 is 13.7 Å². The Morgan fingerprint density at radius 2 is 2.16 bits per heavy atom. The van der Waals surface area contributed by atoms with Crippen LogP contribution in [0.1, 0.15) is 43.3 Å². The second-order valence-corrected chi connectivity index (χ2v) is 6.89. The molecule has 2 aliphatic rings. The first-order chi connectivity index (χ1) is 12.2. The SMILES string of the molecule is O=C(Nc1ccccc1F)N1CCC[C@H](Cc2nc(C3CC3)no2)C1. The average Bonchev–Trinajstić information content (AvgIpc) is 3.37. The number of urea groups is 1. The Bertz CT molecular complexity index is 759. The molecule has 1 N–H and O–H groups in total. The fraction of sp³-hybridized carbons (Fsp3) is 0.500. The van der Waals surface area contributed by atoms with E-state index in [2.05, 4.69) is 15.5 Å². The number of benzene rings is 1. The molecule has 2 amide bonds. The van der Waals surface area contributed by atoms with Crippen molar-refractivity contribution >= 4 is 11.7 Å². The van der Waals surface area contributed by atoms with Gasteiger partial charge in [0.15, 0.2) is 5.82 Å². The summed E-state index contributed by atoms with van der Waals surface area (Å²) in [6.07, 6.45) is 4.91. The van der Waals surface area contributed by atoms with Crippen molar-refractivity contribution in [3.8, 4) is 0 Å². The van der Waals surface area contributed by atoms with Gasteiger partial charge < -0.3 is 14.7 Å². The fourth-order valence-corrected chi connectivity index (χ4v) is 3.28. The van der Waals surface area contributed by atoms with Crippen LogP contribution in [0.25, 0.3) is 0 Å². The van der Waals surface area contributed by atoms with E-state index >= 15 is 0 Å². The highest BCUT2D eigenvalue weighted by atomic mass is 19.1. The Morgan fingerprint density at radius 1 is 1.32 bits per heavy atom. The maximum Gasteiger partial charge on any atom is 0.321 e. The monoisotopic (exact) mass is 344 g/mol. The standard InChI is InChI=1S/C18H21FN4O2/c19-14-5-1-2-6-15(14)20-18(24)23-9-3-4-12(11-23)10-16-21-17(22-25-16)13-7-8-13/h1-2,5-6,12-13H,3-4,7-11H2,(H,20,24)/t12-/m1/s1. The fourth-order valence-electron chi connectivity index (χ4n) is 3.28. The predicted molar refractivity (Wildman–Crippen MR) is 89.7 cm³/mol. The van der Waals surface area contributed by atoms with Gasteiger partial charge in [0, 0.05) is 25.4 Å². The van der Waals surface area contributed by atoms with Crippen molar-refractivity contribution in [2.45, 2.75) is 38.0 Å². The van der Waals surface area contributed by atoms with E-state index in [1.165, 1.54) is 6.07 Å². The van der Waals surface area contributed by atoms with E-state index in [1.54, 1.807) is 23.1 Å². The highest BCUT2D eigenvalue weighted by Crippen LogP contribution is 2.38. The summed E-state index contributed by atoms with van der Waals surface area (Å²) in [5.74, 6) is 1.81. The van der Waals surface area contributed by atoms with Crippen LogP contribution < -0.4 is 5.32 Å². The molecule has 0 unspecified atom stereocenters. The summed E-state index contributed by atoms with van der Waals surface area (Å²) in [5.41, 5.74) is 0.209. The number of halogens is 1. The molecule has 2 fully saturated rings. The number of likely N-dealkylation sites (tertiary alicyclic amines) is 1. The Kier molecular flexibility index (Phi) is 4.38. The number of hydrogen-bond acceptors (Lipinski definition) is 4. The lowest BCUT2D eigenvalue weighted by Gasteiger charge is -2.32. The maximum absolute atomic E-state index is 13.7. The quantitative estimate of drug-likeness (QED) is 0.920. The third kappa shape index (κ3) is 3.81. The minimum atomic E-state index is -0.428. The van der Waals surface area contributed by atoms with E-state index in [-0.39, 0.29) is 17.6 Å². The lowest BCUT2D eigenvalue weighted by Crippen LogP contribution is -2.43. The van der Waals surface area contributed by atoms with E-state index in [9.17, 15) is 9.18 Å². The number of amides is 2. The van der Waals surface area contributed by atoms with Crippen molar-refractivity contribution in [3.63, 3.8) is 0 Å². The molecule has 4 rings (SSSR count). The van der Waals surface area contributed by atoms with Crippen molar-refractivity contribution in [1.82, 2.24) is 15.0 Å². The predicted octanol–water partition coefficient (Wildman–Crippen LogP) is 3.57. The Hall–Kier alpha value is -2.44. The Labute approximate surface area is 145 Å². The molecule has 6 nitrogen and oxygen atoms in total. The zero-order chi connectivity index (χ0) is 17.2. The largest absolute Gasteiger partial charge is 0.339 e. The summed E-state index contributed by atoms with van der Waals surface area (Å²) in [4.78, 5) is 18.6. The van der Waals surface area contributed by atoms with Crippen LogP contribution in [-0.2, 0) is 6.42 Å². The van der Waals surface area contributed by atoms with Gasteiger partial charge in [-0.3, -0.25) is 0 Å². The summed E-state index contributed by atoms with van der Waals surface area (Å²) < 4.78 is 19.0. The third-order valence-electron chi connectivity index (χ3n) is 4.81. The van der Waals surface area contributed by atoms with Crippen molar-refractivity contribution in [1.29, 1.82) is 0 Å². The minimum Gasteiger partial charge on any atom is -0.339 e. The lowest BCUT2D eigenvalue weighted by atomic mass is 9.95. The van der Waals surface area contributed by atoms with E-state index < -0.39 is 5.82 Å². The van der Waals surface area contributed by atoms with Gasteiger partial charge in [0.2, 0.25) is 5.89 Å². The van der Waals surface area contributed by atoms with Crippen LogP contribution in [0, 0.1) is 11.7 Å². The number of para-hydroxylation sites is 1. The number of rotatable bonds is 4. The number of nitrogens with one attached hydrogen (secondary N) is 1. The number of piperidine rings is 1. The van der Waals surface area contributed by atoms with Gasteiger partial charge in [0.25, 0.3) is 0 Å². The summed E-state index contributed by atoms with van der Waals surface area (Å²) in [6, 6.07) is 5.93. The maximum atomic E-state index is 13.7. The molecule has 25 heavy (non-hydrogen) atoms. The average molecular weight is 344 g/mol. The van der Waals surface area contributed by atoms with Gasteiger partial charge in [-0.1, -0.05) is 17.3 Å². The third-order valence-corrected chi connectivity index (χ3v) is 4.81. The molecular weight excluding hydrogens is 323 g/mol. The van der Waals surface area contributed by atoms with E-state index in [1.807, 2.05) is 0 Å². The smallest absolute Gasteiger partial charge is 0.321 e. The van der Waals surface area contributed by atoms with Crippen LogP contribution in [0.2, 0.25) is 0 Å². The first-order valence-electron chi connectivity index (χ1n) is 8.82. The van der Waals surface area contributed by atoms with Gasteiger partial charge in [-0.2, -0.15) is 4.98 Å². The summed E-state index contributed by atoms with van der Waals surface area (Å²) in [7, 11) is 0. The van der Waals surface area contributed by atoms with Crippen LogP contribution >= 0.6 is 0 Å². The van der Waals surface area contributed by atoms with E-state index in [0.717, 1.165) is 31.5 Å². The summed E-state index contributed by atoms with van der Waals surface area (Å²) in [6.45, 7) is 1.29. The Morgan fingerprint density at radius 3 is 2.96 bits per heavy atom. The molecule has 2 heterocycles. The molecule has 1 saturated carbocycles. The first-order valence-corrected chi connectivity index (χ1v) is 8.82. The van der Waals surface area contributed by atoms with Crippen LogP contribution in [0.3, 0.4) is 0 Å². The van der Waals surface area contributed by atoms with Crippen LogP contribution in [0.4, 0.5) is 14.9 Å². The number of carbonyl (C=O) groups excluding carboxylic acids is 1. The van der Waals surface area contributed by atoms with Crippen LogP contribution in [0.15, 0.2) is 28.8 Å². The molecule has 7 heteroatoms. The molecule has 1 aromatic carbocycles. The number of anilines is 1. The highest BCUT2D eigenvalue weighted by molar-refractivity contribution is 5.89. The van der Waals surface area contributed by atoms with Crippen molar-refractivity contribution in [2.75, 3.05) is 18.4 Å². The number of nitrogens with zero attached hydrogens (tertiary/aromatic N) is 3. The van der Waals surface area contributed by atoms with E-state index in [4.69, 9.17) is 4.52 Å². The van der Waals surface area contributed by atoms with Crippen LogP contribution in [0.5, 0.6) is 0 Å². The molecule has 1 aliphatic heterocycles. The zero-order valence-corrected chi connectivity index (χ0v) is 13.9. The minimum absolute atomic E-state index is 0.209. The van der Waals surface area contributed by atoms with E-state index in [0.29, 0.717) is 31.3 Å². The van der Waals surface area contributed by atoms with Gasteiger partial charge in [0.05, 0.1) is 5.69 Å².